The maximum Gasteiger partial charge on any atom is 0.00914 e. The molecule has 2 N–H and O–H groups in total. The molecule has 0 bridgehead atoms. The summed E-state index contributed by atoms with van der Waals surface area (Å²) in [6.07, 6.45) is 2.68. The molecule has 1 aliphatic heterocycles. The highest BCUT2D eigenvalue weighted by Crippen LogP contribution is 2.23. The number of nitrogens with two attached hydrogens (primary N) is 1. The summed E-state index contributed by atoms with van der Waals surface area (Å²) in [5.74, 6) is 1.38. The number of hydrogen-bond acceptors (Lipinski definition) is 2. The van der Waals surface area contributed by atoms with E-state index >= 15 is 0 Å². The quantitative estimate of drug-likeness (QED) is 0.885. The second kappa shape index (κ2) is 6.35. The summed E-state index contributed by atoms with van der Waals surface area (Å²) in [6, 6.07) is 8.66. The van der Waals surface area contributed by atoms with Crippen LogP contribution in [0, 0.1) is 12.8 Å². The molecular formula is C16H26N2. The molecule has 2 rings (SSSR count). The lowest BCUT2D eigenvalue weighted by atomic mass is 9.92. The zero-order valence-electron chi connectivity index (χ0n) is 11.7. The van der Waals surface area contributed by atoms with E-state index in [4.69, 9.17) is 5.73 Å². The Morgan fingerprint density at radius 1 is 1.28 bits per heavy atom. The van der Waals surface area contributed by atoms with Gasteiger partial charge in [0, 0.05) is 19.0 Å². The minimum absolute atomic E-state index is 0.486. The van der Waals surface area contributed by atoms with E-state index in [1.165, 1.54) is 37.1 Å². The van der Waals surface area contributed by atoms with Gasteiger partial charge in [0.15, 0.2) is 0 Å². The fourth-order valence-electron chi connectivity index (χ4n) is 2.90. The minimum Gasteiger partial charge on any atom is -0.330 e. The topological polar surface area (TPSA) is 29.3 Å². The van der Waals surface area contributed by atoms with Crippen molar-refractivity contribution in [1.29, 1.82) is 0 Å². The van der Waals surface area contributed by atoms with Crippen LogP contribution in [-0.4, -0.2) is 31.1 Å². The van der Waals surface area contributed by atoms with Crippen molar-refractivity contribution in [2.45, 2.75) is 32.6 Å². The van der Waals surface area contributed by atoms with E-state index in [1.807, 2.05) is 0 Å². The highest BCUT2D eigenvalue weighted by Gasteiger charge is 2.20. The lowest BCUT2D eigenvalue weighted by Crippen LogP contribution is -2.37. The van der Waals surface area contributed by atoms with Gasteiger partial charge in [-0.25, -0.2) is 0 Å². The average molecular weight is 246 g/mol. The lowest BCUT2D eigenvalue weighted by Gasteiger charge is -2.33. The molecule has 1 aromatic rings. The summed E-state index contributed by atoms with van der Waals surface area (Å²) in [6.45, 7) is 8.90. The van der Waals surface area contributed by atoms with Gasteiger partial charge < -0.3 is 10.6 Å². The third kappa shape index (κ3) is 3.33. The van der Waals surface area contributed by atoms with Crippen LogP contribution < -0.4 is 5.73 Å². The first-order chi connectivity index (χ1) is 8.70. The normalized spacial score (nSPS) is 19.9. The van der Waals surface area contributed by atoms with Crippen LogP contribution in [0.25, 0.3) is 0 Å². The molecule has 18 heavy (non-hydrogen) atoms. The molecule has 0 aromatic heterocycles. The SMILES string of the molecule is Cc1ccccc1C(CN)CN1CCC(C)CC1. The van der Waals surface area contributed by atoms with Crippen LogP contribution in [0.2, 0.25) is 0 Å². The molecular weight excluding hydrogens is 220 g/mol. The van der Waals surface area contributed by atoms with Crippen LogP contribution in [0.1, 0.15) is 36.8 Å². The third-order valence-corrected chi connectivity index (χ3v) is 4.27. The Kier molecular flexibility index (Phi) is 4.79. The molecule has 0 aliphatic carbocycles. The van der Waals surface area contributed by atoms with E-state index in [9.17, 15) is 0 Å². The average Bonchev–Trinajstić information content (AvgIpc) is 2.39. The standard InChI is InChI=1S/C16H26N2/c1-13-7-9-18(10-8-13)12-15(11-17)16-6-4-3-5-14(16)2/h3-6,13,15H,7-12,17H2,1-2H3. The van der Waals surface area contributed by atoms with Gasteiger partial charge in [-0.05, 0) is 49.9 Å². The van der Waals surface area contributed by atoms with E-state index in [0.29, 0.717) is 5.92 Å². The van der Waals surface area contributed by atoms with Gasteiger partial charge in [-0.2, -0.15) is 0 Å². The van der Waals surface area contributed by atoms with Gasteiger partial charge in [-0.1, -0.05) is 31.2 Å². The van der Waals surface area contributed by atoms with Gasteiger partial charge in [0.25, 0.3) is 0 Å². The molecule has 0 amide bonds. The van der Waals surface area contributed by atoms with E-state index < -0.39 is 0 Å². The summed E-state index contributed by atoms with van der Waals surface area (Å²) in [5, 5.41) is 0. The Labute approximate surface area is 111 Å². The Morgan fingerprint density at radius 2 is 1.94 bits per heavy atom. The lowest BCUT2D eigenvalue weighted by molar-refractivity contribution is 0.183. The van der Waals surface area contributed by atoms with Crippen molar-refractivity contribution in [1.82, 2.24) is 4.90 Å². The highest BCUT2D eigenvalue weighted by atomic mass is 15.1. The van der Waals surface area contributed by atoms with E-state index in [1.54, 1.807) is 0 Å². The molecule has 1 saturated heterocycles. The Bertz CT molecular complexity index is 367. The molecule has 0 saturated carbocycles. The van der Waals surface area contributed by atoms with Gasteiger partial charge in [-0.15, -0.1) is 0 Å². The summed E-state index contributed by atoms with van der Waals surface area (Å²) < 4.78 is 0. The predicted octanol–water partition coefficient (Wildman–Crippen LogP) is 2.77. The van der Waals surface area contributed by atoms with Gasteiger partial charge in [0.1, 0.15) is 0 Å². The fraction of sp³-hybridized carbons (Fsp3) is 0.625. The van der Waals surface area contributed by atoms with Crippen molar-refractivity contribution >= 4 is 0 Å². The maximum atomic E-state index is 5.99. The van der Waals surface area contributed by atoms with Crippen molar-refractivity contribution < 1.29 is 0 Å². The molecule has 0 radical (unpaired) electrons. The number of rotatable bonds is 4. The first-order valence-electron chi connectivity index (χ1n) is 7.18. The number of benzene rings is 1. The van der Waals surface area contributed by atoms with Crippen LogP contribution in [0.5, 0.6) is 0 Å². The first-order valence-corrected chi connectivity index (χ1v) is 7.18. The molecule has 100 valence electrons. The fourth-order valence-corrected chi connectivity index (χ4v) is 2.90. The Hall–Kier alpha value is -0.860. The third-order valence-electron chi connectivity index (χ3n) is 4.27. The number of hydrogen-bond donors (Lipinski definition) is 1. The number of piperidine rings is 1. The molecule has 0 spiro atoms. The van der Waals surface area contributed by atoms with Crippen LogP contribution in [-0.2, 0) is 0 Å². The monoisotopic (exact) mass is 246 g/mol. The van der Waals surface area contributed by atoms with Crippen molar-refractivity contribution in [3.8, 4) is 0 Å². The molecule has 1 atom stereocenters. The summed E-state index contributed by atoms with van der Waals surface area (Å²) in [4.78, 5) is 2.59. The van der Waals surface area contributed by atoms with Crippen LogP contribution >= 0.6 is 0 Å². The Balaban J connectivity index is 1.99. The van der Waals surface area contributed by atoms with Gasteiger partial charge in [0.05, 0.1) is 0 Å². The van der Waals surface area contributed by atoms with Crippen LogP contribution in [0.3, 0.4) is 0 Å². The number of likely N-dealkylation sites (tertiary alicyclic amines) is 1. The molecule has 1 aliphatic rings. The molecule has 1 unspecified atom stereocenters. The summed E-state index contributed by atoms with van der Waals surface area (Å²) in [5.41, 5.74) is 8.79. The second-order valence-corrected chi connectivity index (χ2v) is 5.77. The molecule has 1 aromatic carbocycles. The second-order valence-electron chi connectivity index (χ2n) is 5.77. The summed E-state index contributed by atoms with van der Waals surface area (Å²) >= 11 is 0. The molecule has 1 heterocycles. The van der Waals surface area contributed by atoms with Gasteiger partial charge in [0.2, 0.25) is 0 Å². The number of aryl methyl sites for hydroxylation is 1. The molecule has 2 nitrogen and oxygen atoms in total. The van der Waals surface area contributed by atoms with Gasteiger partial charge >= 0.3 is 0 Å². The first kappa shape index (κ1) is 13.6. The minimum atomic E-state index is 0.486. The van der Waals surface area contributed by atoms with Crippen molar-refractivity contribution in [3.63, 3.8) is 0 Å². The summed E-state index contributed by atoms with van der Waals surface area (Å²) in [7, 11) is 0. The molecule has 2 heteroatoms. The van der Waals surface area contributed by atoms with Crippen molar-refractivity contribution in [2.24, 2.45) is 11.7 Å². The zero-order chi connectivity index (χ0) is 13.0. The maximum absolute atomic E-state index is 5.99. The predicted molar refractivity (Wildman–Crippen MR) is 77.8 cm³/mol. The van der Waals surface area contributed by atoms with E-state index in [0.717, 1.165) is 19.0 Å². The van der Waals surface area contributed by atoms with Crippen LogP contribution in [0.15, 0.2) is 24.3 Å². The Morgan fingerprint density at radius 3 is 2.56 bits per heavy atom. The smallest absolute Gasteiger partial charge is 0.00914 e. The zero-order valence-corrected chi connectivity index (χ0v) is 11.7. The van der Waals surface area contributed by atoms with E-state index in [-0.39, 0.29) is 0 Å². The molecule has 1 fully saturated rings. The number of nitrogens with zero attached hydrogens (tertiary/aromatic N) is 1. The van der Waals surface area contributed by atoms with Crippen LogP contribution in [0.4, 0.5) is 0 Å². The van der Waals surface area contributed by atoms with Gasteiger partial charge in [-0.3, -0.25) is 0 Å². The highest BCUT2D eigenvalue weighted by molar-refractivity contribution is 5.29. The van der Waals surface area contributed by atoms with E-state index in [2.05, 4.69) is 43.0 Å². The van der Waals surface area contributed by atoms with Crippen molar-refractivity contribution in [3.05, 3.63) is 35.4 Å². The largest absolute Gasteiger partial charge is 0.330 e. The van der Waals surface area contributed by atoms with Crippen molar-refractivity contribution in [2.75, 3.05) is 26.2 Å².